The fraction of sp³-hybridized carbons (Fsp3) is 1.00. The van der Waals surface area contributed by atoms with Crippen LogP contribution in [0.3, 0.4) is 0 Å². The molecule has 1 unspecified atom stereocenters. The molecule has 1 aliphatic rings. The van der Waals surface area contributed by atoms with Crippen LogP contribution in [0, 0.1) is 5.92 Å². The average Bonchev–Trinajstić information content (AvgIpc) is 1.79. The number of rotatable bonds is 2. The molecule has 2 heteroatoms. The number of nitrogens with two attached hydrogens (primary N) is 1. The zero-order valence-corrected chi connectivity index (χ0v) is 6.30. The third-order valence-electron chi connectivity index (χ3n) is 2.17. The van der Waals surface area contributed by atoms with E-state index in [0.717, 1.165) is 12.3 Å². The molecule has 0 bridgehead atoms. The van der Waals surface area contributed by atoms with Crippen LogP contribution in [0.2, 0.25) is 0 Å². The number of hydrogen-bond acceptors (Lipinski definition) is 2. The summed E-state index contributed by atoms with van der Waals surface area (Å²) in [5.74, 6) is 0.778. The lowest BCUT2D eigenvalue weighted by atomic mass is 9.91. The predicted octanol–water partition coefficient (Wildman–Crippen LogP) is 0.285. The summed E-state index contributed by atoms with van der Waals surface area (Å²) in [6, 6.07) is 0.446. The van der Waals surface area contributed by atoms with Gasteiger partial charge >= 0.3 is 0 Å². The fourth-order valence-corrected chi connectivity index (χ4v) is 1.35. The minimum atomic E-state index is 0.446. The van der Waals surface area contributed by atoms with Crippen molar-refractivity contribution in [2.24, 2.45) is 11.7 Å². The molecule has 1 fully saturated rings. The van der Waals surface area contributed by atoms with E-state index in [2.05, 4.69) is 18.9 Å². The van der Waals surface area contributed by atoms with E-state index in [-0.39, 0.29) is 0 Å². The highest BCUT2D eigenvalue weighted by molar-refractivity contribution is 4.84. The summed E-state index contributed by atoms with van der Waals surface area (Å²) >= 11 is 0. The smallest absolute Gasteiger partial charge is 0.00890 e. The topological polar surface area (TPSA) is 29.3 Å². The van der Waals surface area contributed by atoms with E-state index < -0.39 is 0 Å². The van der Waals surface area contributed by atoms with Gasteiger partial charge in [0.1, 0.15) is 0 Å². The quantitative estimate of drug-likeness (QED) is 0.579. The van der Waals surface area contributed by atoms with Crippen molar-refractivity contribution in [3.8, 4) is 0 Å². The number of hydrogen-bond donors (Lipinski definition) is 1. The molecule has 0 aromatic rings. The van der Waals surface area contributed by atoms with Crippen LogP contribution in [-0.4, -0.2) is 31.1 Å². The normalized spacial score (nSPS) is 25.7. The molecule has 0 saturated carbocycles. The van der Waals surface area contributed by atoms with Crippen molar-refractivity contribution < 1.29 is 0 Å². The van der Waals surface area contributed by atoms with E-state index in [1.807, 2.05) is 0 Å². The summed E-state index contributed by atoms with van der Waals surface area (Å²) in [7, 11) is 2.14. The molecule has 1 atom stereocenters. The molecule has 0 aromatic heterocycles. The lowest BCUT2D eigenvalue weighted by molar-refractivity contribution is 0.110. The lowest BCUT2D eigenvalue weighted by Gasteiger charge is -2.39. The Kier molecular flexibility index (Phi) is 2.09. The van der Waals surface area contributed by atoms with E-state index in [0.29, 0.717) is 6.04 Å². The number of nitrogens with zero attached hydrogens (tertiary/aromatic N) is 1. The summed E-state index contributed by atoms with van der Waals surface area (Å²) in [4.78, 5) is 2.31. The van der Waals surface area contributed by atoms with E-state index >= 15 is 0 Å². The van der Waals surface area contributed by atoms with Crippen molar-refractivity contribution in [1.82, 2.24) is 4.90 Å². The Labute approximate surface area is 57.0 Å². The summed E-state index contributed by atoms with van der Waals surface area (Å²) in [5.41, 5.74) is 5.81. The minimum absolute atomic E-state index is 0.446. The van der Waals surface area contributed by atoms with Crippen molar-refractivity contribution in [3.63, 3.8) is 0 Å². The molecule has 0 radical (unpaired) electrons. The standard InChI is InChI=1S/C7H16N2/c1-3-7(8)6-4-9(2)5-6/h6-7H,3-5,8H2,1-2H3. The zero-order valence-electron chi connectivity index (χ0n) is 6.30. The molecule has 0 aliphatic carbocycles. The Morgan fingerprint density at radius 2 is 2.22 bits per heavy atom. The summed E-state index contributed by atoms with van der Waals surface area (Å²) in [6.45, 7) is 4.56. The highest BCUT2D eigenvalue weighted by Crippen LogP contribution is 2.16. The lowest BCUT2D eigenvalue weighted by Crippen LogP contribution is -2.52. The SMILES string of the molecule is CCC(N)C1CN(C)C1. The van der Waals surface area contributed by atoms with Crippen LogP contribution < -0.4 is 5.73 Å². The van der Waals surface area contributed by atoms with Crippen molar-refractivity contribution in [2.45, 2.75) is 19.4 Å². The Morgan fingerprint density at radius 3 is 2.56 bits per heavy atom. The van der Waals surface area contributed by atoms with Crippen molar-refractivity contribution in [1.29, 1.82) is 0 Å². The van der Waals surface area contributed by atoms with Crippen LogP contribution in [0.4, 0.5) is 0 Å². The van der Waals surface area contributed by atoms with Crippen LogP contribution in [0.15, 0.2) is 0 Å². The van der Waals surface area contributed by atoms with E-state index in [4.69, 9.17) is 5.73 Å². The molecule has 0 amide bonds. The maximum atomic E-state index is 5.81. The van der Waals surface area contributed by atoms with Gasteiger partial charge in [-0.1, -0.05) is 6.92 Å². The van der Waals surface area contributed by atoms with Gasteiger partial charge in [-0.05, 0) is 19.4 Å². The zero-order chi connectivity index (χ0) is 6.85. The summed E-state index contributed by atoms with van der Waals surface area (Å²) in [5, 5.41) is 0. The monoisotopic (exact) mass is 128 g/mol. The molecule has 2 nitrogen and oxygen atoms in total. The molecule has 1 aliphatic heterocycles. The van der Waals surface area contributed by atoms with Gasteiger partial charge in [0, 0.05) is 19.1 Å². The van der Waals surface area contributed by atoms with Crippen molar-refractivity contribution in [2.75, 3.05) is 20.1 Å². The predicted molar refractivity (Wildman–Crippen MR) is 39.3 cm³/mol. The maximum absolute atomic E-state index is 5.81. The van der Waals surface area contributed by atoms with Gasteiger partial charge in [0.15, 0.2) is 0 Å². The largest absolute Gasteiger partial charge is 0.327 e. The highest BCUT2D eigenvalue weighted by atomic mass is 15.2. The van der Waals surface area contributed by atoms with Crippen LogP contribution in [-0.2, 0) is 0 Å². The molecule has 2 N–H and O–H groups in total. The van der Waals surface area contributed by atoms with Crippen LogP contribution >= 0.6 is 0 Å². The second-order valence-electron chi connectivity index (χ2n) is 3.05. The van der Waals surface area contributed by atoms with Gasteiger partial charge in [-0.2, -0.15) is 0 Å². The first-order chi connectivity index (χ1) is 4.24. The van der Waals surface area contributed by atoms with Crippen LogP contribution in [0.5, 0.6) is 0 Å². The minimum Gasteiger partial charge on any atom is -0.327 e. The molecule has 1 saturated heterocycles. The van der Waals surface area contributed by atoms with Gasteiger partial charge < -0.3 is 10.6 Å². The maximum Gasteiger partial charge on any atom is 0.00890 e. The Balaban J connectivity index is 2.15. The van der Waals surface area contributed by atoms with E-state index in [9.17, 15) is 0 Å². The molecule has 54 valence electrons. The van der Waals surface area contributed by atoms with Gasteiger partial charge in [0.2, 0.25) is 0 Å². The highest BCUT2D eigenvalue weighted by Gasteiger charge is 2.27. The Morgan fingerprint density at radius 1 is 1.67 bits per heavy atom. The Bertz CT molecular complexity index is 86.9. The molecule has 9 heavy (non-hydrogen) atoms. The second kappa shape index (κ2) is 2.67. The van der Waals surface area contributed by atoms with E-state index in [1.165, 1.54) is 13.1 Å². The first kappa shape index (κ1) is 7.03. The summed E-state index contributed by atoms with van der Waals surface area (Å²) < 4.78 is 0. The molecular weight excluding hydrogens is 112 g/mol. The Hall–Kier alpha value is -0.0800. The third-order valence-corrected chi connectivity index (χ3v) is 2.17. The van der Waals surface area contributed by atoms with Crippen molar-refractivity contribution >= 4 is 0 Å². The van der Waals surface area contributed by atoms with Gasteiger partial charge in [-0.3, -0.25) is 0 Å². The molecular formula is C7H16N2. The third kappa shape index (κ3) is 1.43. The average molecular weight is 128 g/mol. The first-order valence-corrected chi connectivity index (χ1v) is 3.68. The molecule has 1 rings (SSSR count). The van der Waals surface area contributed by atoms with Crippen LogP contribution in [0.25, 0.3) is 0 Å². The van der Waals surface area contributed by atoms with Gasteiger partial charge in [0.05, 0.1) is 0 Å². The summed E-state index contributed by atoms with van der Waals surface area (Å²) in [6.07, 6.45) is 1.12. The van der Waals surface area contributed by atoms with E-state index in [1.54, 1.807) is 0 Å². The first-order valence-electron chi connectivity index (χ1n) is 3.68. The van der Waals surface area contributed by atoms with Gasteiger partial charge in [-0.15, -0.1) is 0 Å². The molecule has 1 heterocycles. The van der Waals surface area contributed by atoms with Crippen molar-refractivity contribution in [3.05, 3.63) is 0 Å². The fourth-order valence-electron chi connectivity index (χ4n) is 1.35. The van der Waals surface area contributed by atoms with Gasteiger partial charge in [-0.25, -0.2) is 0 Å². The second-order valence-corrected chi connectivity index (χ2v) is 3.05. The van der Waals surface area contributed by atoms with Crippen LogP contribution in [0.1, 0.15) is 13.3 Å². The molecule has 0 spiro atoms. The molecule has 0 aromatic carbocycles. The number of likely N-dealkylation sites (tertiary alicyclic amines) is 1. The van der Waals surface area contributed by atoms with Gasteiger partial charge in [0.25, 0.3) is 0 Å².